The first-order chi connectivity index (χ1) is 5.79. The molecule has 1 aromatic heterocycles. The molecule has 1 fully saturated rings. The van der Waals surface area contributed by atoms with Crippen molar-refractivity contribution >= 4 is 0 Å². The minimum atomic E-state index is -0.362. The number of hydrogen-bond acceptors (Lipinski definition) is 3. The lowest BCUT2D eigenvalue weighted by molar-refractivity contribution is 0.0698. The number of aliphatic hydroxyl groups is 1. The molecule has 4 nitrogen and oxygen atoms in total. The van der Waals surface area contributed by atoms with Crippen LogP contribution in [-0.4, -0.2) is 28.0 Å². The summed E-state index contributed by atoms with van der Waals surface area (Å²) in [5, 5.41) is 17.0. The maximum absolute atomic E-state index is 9.81. The van der Waals surface area contributed by atoms with E-state index >= 15 is 0 Å². The van der Waals surface area contributed by atoms with E-state index in [9.17, 15) is 5.11 Å². The number of rotatable bonds is 2. The molecule has 0 spiro atoms. The SMILES string of the molecule is Cn1nccc1C(O)C1CNC1. The first-order valence-electron chi connectivity index (χ1n) is 4.15. The Hall–Kier alpha value is -0.870. The van der Waals surface area contributed by atoms with Crippen LogP contribution < -0.4 is 5.32 Å². The molecule has 66 valence electrons. The molecule has 0 saturated carbocycles. The molecule has 1 atom stereocenters. The molecular weight excluding hydrogens is 154 g/mol. The molecule has 2 heterocycles. The van der Waals surface area contributed by atoms with Crippen LogP contribution in [0.1, 0.15) is 11.8 Å². The van der Waals surface area contributed by atoms with Crippen molar-refractivity contribution in [3.05, 3.63) is 18.0 Å². The lowest BCUT2D eigenvalue weighted by Gasteiger charge is -2.31. The van der Waals surface area contributed by atoms with Crippen molar-refractivity contribution < 1.29 is 5.11 Å². The second kappa shape index (κ2) is 2.88. The quantitative estimate of drug-likeness (QED) is 0.634. The maximum Gasteiger partial charge on any atom is 0.101 e. The van der Waals surface area contributed by atoms with Crippen molar-refractivity contribution in [2.75, 3.05) is 13.1 Å². The molecule has 2 rings (SSSR count). The monoisotopic (exact) mass is 167 g/mol. The van der Waals surface area contributed by atoms with E-state index < -0.39 is 0 Å². The van der Waals surface area contributed by atoms with Crippen LogP contribution in [0.3, 0.4) is 0 Å². The Morgan fingerprint density at radius 3 is 2.92 bits per heavy atom. The molecule has 0 aliphatic carbocycles. The van der Waals surface area contributed by atoms with E-state index in [1.54, 1.807) is 10.9 Å². The predicted molar refractivity (Wildman–Crippen MR) is 44.5 cm³/mol. The zero-order chi connectivity index (χ0) is 8.55. The van der Waals surface area contributed by atoms with Gasteiger partial charge in [-0.05, 0) is 6.07 Å². The molecule has 1 saturated heterocycles. The Morgan fingerprint density at radius 2 is 2.50 bits per heavy atom. The molecule has 1 aliphatic heterocycles. The molecule has 12 heavy (non-hydrogen) atoms. The third-order valence-electron chi connectivity index (χ3n) is 2.42. The summed E-state index contributed by atoms with van der Waals surface area (Å²) in [5.41, 5.74) is 0.904. The molecule has 1 aliphatic rings. The first-order valence-corrected chi connectivity index (χ1v) is 4.15. The summed E-state index contributed by atoms with van der Waals surface area (Å²) >= 11 is 0. The average molecular weight is 167 g/mol. The van der Waals surface area contributed by atoms with Crippen molar-refractivity contribution in [1.29, 1.82) is 0 Å². The number of aliphatic hydroxyl groups excluding tert-OH is 1. The smallest absolute Gasteiger partial charge is 0.101 e. The van der Waals surface area contributed by atoms with Gasteiger partial charge in [-0.25, -0.2) is 0 Å². The molecular formula is C8H13N3O. The lowest BCUT2D eigenvalue weighted by Crippen LogP contribution is -2.45. The van der Waals surface area contributed by atoms with Gasteiger partial charge in [0.05, 0.1) is 5.69 Å². The summed E-state index contributed by atoms with van der Waals surface area (Å²) in [5.74, 6) is 0.361. The van der Waals surface area contributed by atoms with Gasteiger partial charge < -0.3 is 10.4 Å². The zero-order valence-corrected chi connectivity index (χ0v) is 7.07. The van der Waals surface area contributed by atoms with E-state index in [1.807, 2.05) is 13.1 Å². The second-order valence-corrected chi connectivity index (χ2v) is 3.24. The first kappa shape index (κ1) is 7.76. The average Bonchev–Trinajstić information content (AvgIpc) is 2.31. The Labute approximate surface area is 71.2 Å². The third-order valence-corrected chi connectivity index (χ3v) is 2.42. The van der Waals surface area contributed by atoms with Crippen molar-refractivity contribution in [3.63, 3.8) is 0 Å². The summed E-state index contributed by atoms with van der Waals surface area (Å²) < 4.78 is 1.73. The number of nitrogens with zero attached hydrogens (tertiary/aromatic N) is 2. The van der Waals surface area contributed by atoms with Crippen LogP contribution in [-0.2, 0) is 7.05 Å². The highest BCUT2D eigenvalue weighted by molar-refractivity contribution is 5.07. The van der Waals surface area contributed by atoms with Gasteiger partial charge >= 0.3 is 0 Å². The topological polar surface area (TPSA) is 50.1 Å². The third kappa shape index (κ3) is 1.13. The highest BCUT2D eigenvalue weighted by atomic mass is 16.3. The van der Waals surface area contributed by atoms with E-state index in [0.717, 1.165) is 18.8 Å². The number of hydrogen-bond donors (Lipinski definition) is 2. The van der Waals surface area contributed by atoms with E-state index in [0.29, 0.717) is 5.92 Å². The van der Waals surface area contributed by atoms with Gasteiger partial charge in [-0.2, -0.15) is 5.10 Å². The predicted octanol–water partition coefficient (Wildman–Crippen LogP) is -0.327. The van der Waals surface area contributed by atoms with Gasteiger partial charge in [0.1, 0.15) is 6.10 Å². The molecule has 4 heteroatoms. The van der Waals surface area contributed by atoms with Crippen LogP contribution in [0, 0.1) is 5.92 Å². The Balaban J connectivity index is 2.13. The molecule has 1 aromatic rings. The van der Waals surface area contributed by atoms with E-state index in [2.05, 4.69) is 10.4 Å². The number of aryl methyl sites for hydroxylation is 1. The lowest BCUT2D eigenvalue weighted by atomic mass is 9.94. The van der Waals surface area contributed by atoms with Gasteiger partial charge in [0.2, 0.25) is 0 Å². The minimum absolute atomic E-state index is 0.361. The second-order valence-electron chi connectivity index (χ2n) is 3.24. The van der Waals surface area contributed by atoms with Gasteiger partial charge in [-0.1, -0.05) is 0 Å². The molecule has 0 amide bonds. The highest BCUT2D eigenvalue weighted by Crippen LogP contribution is 2.23. The van der Waals surface area contributed by atoms with Crippen molar-refractivity contribution in [2.45, 2.75) is 6.10 Å². The molecule has 0 radical (unpaired) electrons. The minimum Gasteiger partial charge on any atom is -0.386 e. The summed E-state index contributed by atoms with van der Waals surface area (Å²) in [7, 11) is 1.85. The fraction of sp³-hybridized carbons (Fsp3) is 0.625. The number of nitrogens with one attached hydrogen (secondary N) is 1. The largest absolute Gasteiger partial charge is 0.386 e. The number of aromatic nitrogens is 2. The maximum atomic E-state index is 9.81. The Bertz CT molecular complexity index is 267. The Morgan fingerprint density at radius 1 is 1.75 bits per heavy atom. The normalized spacial score (nSPS) is 20.5. The van der Waals surface area contributed by atoms with E-state index in [-0.39, 0.29) is 6.10 Å². The van der Waals surface area contributed by atoms with Gasteiger partial charge in [0, 0.05) is 32.3 Å². The molecule has 1 unspecified atom stereocenters. The molecule has 0 bridgehead atoms. The highest BCUT2D eigenvalue weighted by Gasteiger charge is 2.27. The van der Waals surface area contributed by atoms with Crippen LogP contribution in [0.15, 0.2) is 12.3 Å². The van der Waals surface area contributed by atoms with Gasteiger partial charge in [0.15, 0.2) is 0 Å². The van der Waals surface area contributed by atoms with Crippen molar-refractivity contribution in [2.24, 2.45) is 13.0 Å². The van der Waals surface area contributed by atoms with Crippen molar-refractivity contribution in [1.82, 2.24) is 15.1 Å². The summed E-state index contributed by atoms with van der Waals surface area (Å²) in [6.45, 7) is 1.82. The van der Waals surface area contributed by atoms with Gasteiger partial charge in [-0.15, -0.1) is 0 Å². The Kier molecular flexibility index (Phi) is 1.86. The van der Waals surface area contributed by atoms with Crippen LogP contribution in [0.2, 0.25) is 0 Å². The van der Waals surface area contributed by atoms with Crippen LogP contribution >= 0.6 is 0 Å². The fourth-order valence-corrected chi connectivity index (χ4v) is 1.45. The van der Waals surface area contributed by atoms with Crippen LogP contribution in [0.25, 0.3) is 0 Å². The summed E-state index contributed by atoms with van der Waals surface area (Å²) in [6.07, 6.45) is 1.35. The molecule has 0 aromatic carbocycles. The standard InChI is InChI=1S/C8H13N3O/c1-11-7(2-3-10-11)8(12)6-4-9-5-6/h2-3,6,8-9,12H,4-5H2,1H3. The van der Waals surface area contributed by atoms with E-state index in [4.69, 9.17) is 0 Å². The summed E-state index contributed by atoms with van der Waals surface area (Å²) in [4.78, 5) is 0. The fourth-order valence-electron chi connectivity index (χ4n) is 1.45. The molecule has 2 N–H and O–H groups in total. The van der Waals surface area contributed by atoms with Crippen LogP contribution in [0.4, 0.5) is 0 Å². The summed E-state index contributed by atoms with van der Waals surface area (Å²) in [6, 6.07) is 1.86. The van der Waals surface area contributed by atoms with Gasteiger partial charge in [0.25, 0.3) is 0 Å². The van der Waals surface area contributed by atoms with Crippen molar-refractivity contribution in [3.8, 4) is 0 Å². The van der Waals surface area contributed by atoms with Gasteiger partial charge in [-0.3, -0.25) is 4.68 Å². The van der Waals surface area contributed by atoms with Crippen LogP contribution in [0.5, 0.6) is 0 Å². The van der Waals surface area contributed by atoms with E-state index in [1.165, 1.54) is 0 Å². The zero-order valence-electron chi connectivity index (χ0n) is 7.07.